The summed E-state index contributed by atoms with van der Waals surface area (Å²) >= 11 is 3.39. The van der Waals surface area contributed by atoms with Crippen molar-refractivity contribution in [2.75, 3.05) is 6.61 Å². The number of hydrogen-bond donors (Lipinski definition) is 1. The lowest BCUT2D eigenvalue weighted by Crippen LogP contribution is -2.25. The van der Waals surface area contributed by atoms with Crippen molar-refractivity contribution < 1.29 is 4.74 Å². The summed E-state index contributed by atoms with van der Waals surface area (Å²) < 4.78 is 6.70. The van der Waals surface area contributed by atoms with Crippen LogP contribution in [0.1, 0.15) is 12.0 Å². The molecule has 0 spiro atoms. The van der Waals surface area contributed by atoms with E-state index in [2.05, 4.69) is 20.9 Å². The van der Waals surface area contributed by atoms with Gasteiger partial charge in [-0.1, -0.05) is 22.0 Å². The number of hydrogen-bond acceptors (Lipinski definition) is 3. The average Bonchev–Trinajstić information content (AvgIpc) is 2.42. The Hall–Kier alpha value is -1.39. The molecule has 19 heavy (non-hydrogen) atoms. The Bertz CT molecular complexity index is 487. The minimum absolute atomic E-state index is 0.0969. The van der Waals surface area contributed by atoms with Crippen molar-refractivity contribution in [1.82, 2.24) is 4.98 Å². The van der Waals surface area contributed by atoms with Gasteiger partial charge in [-0.2, -0.15) is 0 Å². The smallest absolute Gasteiger partial charge is 0.119 e. The van der Waals surface area contributed by atoms with E-state index in [0.717, 1.165) is 23.1 Å². The number of nitrogens with zero attached hydrogens (tertiary/aromatic N) is 1. The van der Waals surface area contributed by atoms with Gasteiger partial charge in [0.15, 0.2) is 0 Å². The zero-order chi connectivity index (χ0) is 13.5. The van der Waals surface area contributed by atoms with E-state index in [1.807, 2.05) is 42.6 Å². The zero-order valence-corrected chi connectivity index (χ0v) is 12.2. The lowest BCUT2D eigenvalue weighted by molar-refractivity contribution is 0.297. The molecular formula is C15H17BrN2O. The molecular weight excluding hydrogens is 304 g/mol. The van der Waals surface area contributed by atoms with Gasteiger partial charge in [-0.05, 0) is 48.7 Å². The molecule has 1 aromatic carbocycles. The molecule has 0 aliphatic heterocycles. The summed E-state index contributed by atoms with van der Waals surface area (Å²) in [6, 6.07) is 11.9. The van der Waals surface area contributed by atoms with Crippen LogP contribution in [0.3, 0.4) is 0 Å². The number of ether oxygens (including phenoxy) is 1. The minimum atomic E-state index is 0.0969. The molecule has 100 valence electrons. The van der Waals surface area contributed by atoms with Gasteiger partial charge in [-0.3, -0.25) is 4.98 Å². The molecule has 1 heterocycles. The summed E-state index contributed by atoms with van der Waals surface area (Å²) in [5.41, 5.74) is 7.24. The summed E-state index contributed by atoms with van der Waals surface area (Å²) in [6.07, 6.45) is 5.28. The molecule has 0 saturated heterocycles. The van der Waals surface area contributed by atoms with Crippen molar-refractivity contribution in [2.24, 2.45) is 5.73 Å². The molecule has 0 radical (unpaired) electrons. The highest BCUT2D eigenvalue weighted by Crippen LogP contribution is 2.16. The van der Waals surface area contributed by atoms with Gasteiger partial charge in [0.05, 0.1) is 6.61 Å². The average molecular weight is 321 g/mol. The van der Waals surface area contributed by atoms with Gasteiger partial charge in [-0.15, -0.1) is 0 Å². The van der Waals surface area contributed by atoms with Gasteiger partial charge in [0.25, 0.3) is 0 Å². The molecule has 0 aliphatic rings. The highest BCUT2D eigenvalue weighted by atomic mass is 79.9. The molecule has 1 aromatic heterocycles. The second kappa shape index (κ2) is 7.26. The Morgan fingerprint density at radius 1 is 1.21 bits per heavy atom. The van der Waals surface area contributed by atoms with E-state index in [1.54, 1.807) is 6.20 Å². The Balaban J connectivity index is 1.72. The monoisotopic (exact) mass is 320 g/mol. The SMILES string of the molecule is NC(CCOc1ccc(Br)cc1)Cc1cccnc1. The van der Waals surface area contributed by atoms with Gasteiger partial charge < -0.3 is 10.5 Å². The highest BCUT2D eigenvalue weighted by Gasteiger charge is 2.04. The lowest BCUT2D eigenvalue weighted by atomic mass is 10.1. The third-order valence-electron chi connectivity index (χ3n) is 2.79. The number of nitrogens with two attached hydrogens (primary N) is 1. The van der Waals surface area contributed by atoms with Crippen LogP contribution in [0.4, 0.5) is 0 Å². The maximum Gasteiger partial charge on any atom is 0.119 e. The van der Waals surface area contributed by atoms with Gasteiger partial charge in [0.2, 0.25) is 0 Å². The van der Waals surface area contributed by atoms with Crippen LogP contribution >= 0.6 is 15.9 Å². The van der Waals surface area contributed by atoms with Gasteiger partial charge in [0.1, 0.15) is 5.75 Å². The molecule has 0 aliphatic carbocycles. The van der Waals surface area contributed by atoms with Crippen LogP contribution in [0, 0.1) is 0 Å². The van der Waals surface area contributed by atoms with Crippen LogP contribution in [-0.2, 0) is 6.42 Å². The zero-order valence-electron chi connectivity index (χ0n) is 10.6. The quantitative estimate of drug-likeness (QED) is 0.889. The van der Waals surface area contributed by atoms with Crippen molar-refractivity contribution in [1.29, 1.82) is 0 Å². The van der Waals surface area contributed by atoms with Gasteiger partial charge in [0, 0.05) is 22.9 Å². The first kappa shape index (κ1) is 14.0. The third-order valence-corrected chi connectivity index (χ3v) is 3.32. The summed E-state index contributed by atoms with van der Waals surface area (Å²) in [7, 11) is 0. The summed E-state index contributed by atoms with van der Waals surface area (Å²) in [5, 5.41) is 0. The van der Waals surface area contributed by atoms with Crippen LogP contribution in [-0.4, -0.2) is 17.6 Å². The first-order chi connectivity index (χ1) is 9.24. The second-order valence-corrected chi connectivity index (χ2v) is 5.33. The molecule has 2 N–H and O–H groups in total. The first-order valence-electron chi connectivity index (χ1n) is 6.27. The van der Waals surface area contributed by atoms with E-state index < -0.39 is 0 Å². The Morgan fingerprint density at radius 2 is 2.00 bits per heavy atom. The summed E-state index contributed by atoms with van der Waals surface area (Å²) in [4.78, 5) is 4.08. The predicted octanol–water partition coefficient (Wildman–Crippen LogP) is 3.18. The van der Waals surface area contributed by atoms with Crippen LogP contribution in [0.25, 0.3) is 0 Å². The van der Waals surface area contributed by atoms with Crippen molar-refractivity contribution >= 4 is 15.9 Å². The van der Waals surface area contributed by atoms with E-state index >= 15 is 0 Å². The number of rotatable bonds is 6. The van der Waals surface area contributed by atoms with Crippen LogP contribution < -0.4 is 10.5 Å². The van der Waals surface area contributed by atoms with E-state index in [4.69, 9.17) is 10.5 Å². The fourth-order valence-corrected chi connectivity index (χ4v) is 2.05. The van der Waals surface area contributed by atoms with E-state index in [-0.39, 0.29) is 6.04 Å². The molecule has 0 amide bonds. The Labute approximate surface area is 121 Å². The second-order valence-electron chi connectivity index (χ2n) is 4.42. The maximum atomic E-state index is 6.08. The topological polar surface area (TPSA) is 48.1 Å². The maximum absolute atomic E-state index is 6.08. The first-order valence-corrected chi connectivity index (χ1v) is 7.06. The largest absolute Gasteiger partial charge is 0.494 e. The normalized spacial score (nSPS) is 12.1. The standard InChI is InChI=1S/C15H17BrN2O/c16-13-3-5-15(6-4-13)19-9-7-14(17)10-12-2-1-8-18-11-12/h1-6,8,11,14H,7,9-10,17H2. The predicted molar refractivity (Wildman–Crippen MR) is 80.2 cm³/mol. The van der Waals surface area contributed by atoms with E-state index in [0.29, 0.717) is 6.61 Å². The Kier molecular flexibility index (Phi) is 5.36. The molecule has 0 saturated carbocycles. The third kappa shape index (κ3) is 5.01. The lowest BCUT2D eigenvalue weighted by Gasteiger charge is -2.12. The van der Waals surface area contributed by atoms with Gasteiger partial charge in [-0.25, -0.2) is 0 Å². The molecule has 0 bridgehead atoms. The Morgan fingerprint density at radius 3 is 2.68 bits per heavy atom. The van der Waals surface area contributed by atoms with Crippen molar-refractivity contribution in [3.63, 3.8) is 0 Å². The minimum Gasteiger partial charge on any atom is -0.494 e. The number of halogens is 1. The van der Waals surface area contributed by atoms with E-state index in [9.17, 15) is 0 Å². The number of aromatic nitrogens is 1. The molecule has 4 heteroatoms. The molecule has 3 nitrogen and oxygen atoms in total. The van der Waals surface area contributed by atoms with Crippen LogP contribution in [0.5, 0.6) is 5.75 Å². The van der Waals surface area contributed by atoms with Crippen LogP contribution in [0.2, 0.25) is 0 Å². The van der Waals surface area contributed by atoms with Crippen molar-refractivity contribution in [3.05, 3.63) is 58.8 Å². The highest BCUT2D eigenvalue weighted by molar-refractivity contribution is 9.10. The van der Waals surface area contributed by atoms with Crippen molar-refractivity contribution in [3.8, 4) is 5.75 Å². The molecule has 2 rings (SSSR count). The number of benzene rings is 1. The summed E-state index contributed by atoms with van der Waals surface area (Å²) in [5.74, 6) is 0.872. The van der Waals surface area contributed by atoms with E-state index in [1.165, 1.54) is 5.56 Å². The number of pyridine rings is 1. The molecule has 2 aromatic rings. The molecule has 0 fully saturated rings. The van der Waals surface area contributed by atoms with Crippen molar-refractivity contribution in [2.45, 2.75) is 18.9 Å². The molecule has 1 atom stereocenters. The fourth-order valence-electron chi connectivity index (χ4n) is 1.78. The molecule has 1 unspecified atom stereocenters. The fraction of sp³-hybridized carbons (Fsp3) is 0.267. The van der Waals surface area contributed by atoms with Crippen LogP contribution in [0.15, 0.2) is 53.3 Å². The summed E-state index contributed by atoms with van der Waals surface area (Å²) in [6.45, 7) is 0.628. The van der Waals surface area contributed by atoms with Gasteiger partial charge >= 0.3 is 0 Å².